The highest BCUT2D eigenvalue weighted by Gasteiger charge is 2.07. The molecule has 0 aliphatic rings. The van der Waals surface area contributed by atoms with Crippen LogP contribution in [0.2, 0.25) is 0 Å². The Bertz CT molecular complexity index is 259. The molecule has 3 N–H and O–H groups in total. The van der Waals surface area contributed by atoms with Crippen LogP contribution in [0.15, 0.2) is 12.4 Å². The highest BCUT2D eigenvalue weighted by Crippen LogP contribution is 2.37. The quantitative estimate of drug-likeness (QED) is 0.558. The van der Waals surface area contributed by atoms with E-state index in [0.29, 0.717) is 0 Å². The number of nitrogens with one attached hydrogen (secondary N) is 1. The maximum atomic E-state index is 8.86. The predicted molar refractivity (Wildman–Crippen MR) is 71.8 cm³/mol. The average Bonchev–Trinajstić information content (AvgIpc) is 2.85. The van der Waals surface area contributed by atoms with Crippen LogP contribution in [0, 0.1) is 0 Å². The van der Waals surface area contributed by atoms with Gasteiger partial charge < -0.3 is 15.2 Å². The van der Waals surface area contributed by atoms with Crippen molar-refractivity contribution in [1.29, 1.82) is 0 Å². The highest BCUT2D eigenvalue weighted by atomic mass is 31.1. The van der Waals surface area contributed by atoms with E-state index in [-0.39, 0.29) is 21.1 Å². The molecule has 1 rings (SSSR count). The Balaban J connectivity index is 2.17. The molecule has 1 aromatic heterocycles. The number of hydrogen-bond acceptors (Lipinski definition) is 3. The third-order valence-electron chi connectivity index (χ3n) is 2.71. The molecule has 98 valence electrons. The van der Waals surface area contributed by atoms with Gasteiger partial charge in [0.05, 0.1) is 0 Å². The number of rotatable bonds is 10. The Labute approximate surface area is 104 Å². The molecule has 0 aliphatic carbocycles. The summed E-state index contributed by atoms with van der Waals surface area (Å²) in [6, 6.07) is 0. The number of aromatic nitrogens is 2. The number of nitrogens with zero attached hydrogens (tertiary/aromatic N) is 1. The number of aliphatic hydroxyl groups is 2. The molecule has 0 saturated heterocycles. The van der Waals surface area contributed by atoms with E-state index in [9.17, 15) is 0 Å². The lowest BCUT2D eigenvalue weighted by Gasteiger charge is -2.16. The molecule has 0 saturated carbocycles. The third-order valence-corrected chi connectivity index (χ3v) is 5.55. The van der Waals surface area contributed by atoms with Crippen molar-refractivity contribution >= 4 is 7.92 Å². The van der Waals surface area contributed by atoms with Gasteiger partial charge in [-0.05, 0) is 37.7 Å². The number of aryl methyl sites for hydroxylation is 1. The minimum absolute atomic E-state index is 0.0159. The van der Waals surface area contributed by atoms with Crippen LogP contribution in [0.4, 0.5) is 0 Å². The van der Waals surface area contributed by atoms with Gasteiger partial charge in [-0.15, -0.1) is 7.92 Å². The van der Waals surface area contributed by atoms with Crippen molar-refractivity contribution in [2.24, 2.45) is 0 Å². The zero-order chi connectivity index (χ0) is 12.3. The molecule has 0 fully saturated rings. The van der Waals surface area contributed by atoms with Crippen molar-refractivity contribution in [1.82, 2.24) is 9.97 Å². The van der Waals surface area contributed by atoms with E-state index >= 15 is 0 Å². The first-order valence-electron chi connectivity index (χ1n) is 6.29. The molecule has 0 aromatic carbocycles. The van der Waals surface area contributed by atoms with Crippen molar-refractivity contribution in [3.63, 3.8) is 0 Å². The molecule has 5 heteroatoms. The fourth-order valence-electron chi connectivity index (χ4n) is 1.83. The van der Waals surface area contributed by atoms with Gasteiger partial charge in [0.25, 0.3) is 0 Å². The Morgan fingerprint density at radius 1 is 1.06 bits per heavy atom. The van der Waals surface area contributed by atoms with Crippen LogP contribution in [0.5, 0.6) is 0 Å². The second-order valence-corrected chi connectivity index (χ2v) is 6.82. The summed E-state index contributed by atoms with van der Waals surface area (Å²) in [5, 5.41) is 17.7. The number of aliphatic hydroxyl groups excluding tert-OH is 2. The molecule has 4 nitrogen and oxygen atoms in total. The van der Waals surface area contributed by atoms with Gasteiger partial charge in [0.1, 0.15) is 5.82 Å². The normalized spacial score (nSPS) is 11.2. The summed E-state index contributed by atoms with van der Waals surface area (Å²) >= 11 is 0. The number of H-pyrrole nitrogens is 1. The molecule has 17 heavy (non-hydrogen) atoms. The summed E-state index contributed by atoms with van der Waals surface area (Å²) in [6.07, 6.45) is 11.1. The van der Waals surface area contributed by atoms with E-state index in [1.54, 1.807) is 6.20 Å². The molecular weight excluding hydrogens is 235 g/mol. The van der Waals surface area contributed by atoms with E-state index in [2.05, 4.69) is 9.97 Å². The Kier molecular flexibility index (Phi) is 8.24. The van der Waals surface area contributed by atoms with Gasteiger partial charge in [-0.25, -0.2) is 4.98 Å². The number of aromatic amines is 1. The first-order chi connectivity index (χ1) is 8.36. The van der Waals surface area contributed by atoms with E-state index in [0.717, 1.165) is 43.8 Å². The lowest BCUT2D eigenvalue weighted by molar-refractivity contribution is 0.294. The first kappa shape index (κ1) is 14.6. The van der Waals surface area contributed by atoms with Crippen molar-refractivity contribution in [3.05, 3.63) is 18.2 Å². The summed E-state index contributed by atoms with van der Waals surface area (Å²) < 4.78 is 0. The molecule has 1 aromatic rings. The zero-order valence-electron chi connectivity index (χ0n) is 10.3. The number of imidazole rings is 1. The first-order valence-corrected chi connectivity index (χ1v) is 8.19. The predicted octanol–water partition coefficient (Wildman–Crippen LogP) is 1.59. The molecule has 0 unspecified atom stereocenters. The minimum Gasteiger partial charge on any atom is -0.396 e. The lowest BCUT2D eigenvalue weighted by atomic mass is 10.3. The molecule has 0 bridgehead atoms. The topological polar surface area (TPSA) is 69.1 Å². The van der Waals surface area contributed by atoms with E-state index < -0.39 is 0 Å². The molecule has 1 heterocycles. The summed E-state index contributed by atoms with van der Waals surface area (Å²) in [6.45, 7) is 0.576. The van der Waals surface area contributed by atoms with Crippen LogP contribution >= 0.6 is 7.92 Å². The molecule has 0 aliphatic heterocycles. The highest BCUT2D eigenvalue weighted by molar-refractivity contribution is 7.57. The maximum Gasteiger partial charge on any atom is 0.106 e. The van der Waals surface area contributed by atoms with Gasteiger partial charge in [-0.1, -0.05) is 0 Å². The van der Waals surface area contributed by atoms with Crippen LogP contribution in [0.1, 0.15) is 25.1 Å². The summed E-state index contributed by atoms with van der Waals surface area (Å²) in [5.74, 6) is 1.06. The molecule has 0 amide bonds. The van der Waals surface area contributed by atoms with Crippen LogP contribution < -0.4 is 0 Å². The van der Waals surface area contributed by atoms with Gasteiger partial charge in [0.2, 0.25) is 0 Å². The molecule has 0 atom stereocenters. The zero-order valence-corrected chi connectivity index (χ0v) is 11.2. The fourth-order valence-corrected chi connectivity index (χ4v) is 4.28. The number of hydrogen-bond donors (Lipinski definition) is 3. The third kappa shape index (κ3) is 6.77. The Morgan fingerprint density at radius 2 is 1.71 bits per heavy atom. The summed E-state index contributed by atoms with van der Waals surface area (Å²) in [5.41, 5.74) is 0. The SMILES string of the molecule is OCCCP(CCCO)CCCc1ncc[nH]1. The minimum atomic E-state index is -0.0159. The standard InChI is InChI=1S/C12H23N2O2P/c15-7-2-10-17(11-3-8-16)9-1-4-12-13-5-6-14-12/h5-6,15-16H,1-4,7-11H2,(H,13,14). The van der Waals surface area contributed by atoms with Crippen molar-refractivity contribution in [2.45, 2.75) is 25.7 Å². The van der Waals surface area contributed by atoms with Gasteiger partial charge in [-0.3, -0.25) is 0 Å². The monoisotopic (exact) mass is 258 g/mol. The molecule has 0 radical (unpaired) electrons. The van der Waals surface area contributed by atoms with E-state index in [4.69, 9.17) is 10.2 Å². The summed E-state index contributed by atoms with van der Waals surface area (Å²) in [4.78, 5) is 7.32. The van der Waals surface area contributed by atoms with Gasteiger partial charge >= 0.3 is 0 Å². The summed E-state index contributed by atoms with van der Waals surface area (Å²) in [7, 11) is -0.0159. The van der Waals surface area contributed by atoms with Crippen molar-refractivity contribution in [2.75, 3.05) is 31.7 Å². The molecule has 0 spiro atoms. The largest absolute Gasteiger partial charge is 0.396 e. The molecular formula is C12H23N2O2P. The van der Waals surface area contributed by atoms with Crippen LogP contribution in [-0.4, -0.2) is 51.9 Å². The Morgan fingerprint density at radius 3 is 2.24 bits per heavy atom. The van der Waals surface area contributed by atoms with Gasteiger partial charge in [0, 0.05) is 32.0 Å². The van der Waals surface area contributed by atoms with Crippen LogP contribution in [-0.2, 0) is 6.42 Å². The Hall–Kier alpha value is -0.440. The van der Waals surface area contributed by atoms with E-state index in [1.165, 1.54) is 6.16 Å². The van der Waals surface area contributed by atoms with Crippen LogP contribution in [0.25, 0.3) is 0 Å². The van der Waals surface area contributed by atoms with E-state index in [1.807, 2.05) is 6.20 Å². The maximum absolute atomic E-state index is 8.86. The smallest absolute Gasteiger partial charge is 0.106 e. The fraction of sp³-hybridized carbons (Fsp3) is 0.750. The lowest BCUT2D eigenvalue weighted by Crippen LogP contribution is -2.01. The van der Waals surface area contributed by atoms with Crippen molar-refractivity contribution < 1.29 is 10.2 Å². The van der Waals surface area contributed by atoms with Gasteiger partial charge in [0.15, 0.2) is 0 Å². The second-order valence-electron chi connectivity index (χ2n) is 4.14. The average molecular weight is 258 g/mol. The van der Waals surface area contributed by atoms with Crippen LogP contribution in [0.3, 0.4) is 0 Å². The van der Waals surface area contributed by atoms with Gasteiger partial charge in [-0.2, -0.15) is 0 Å². The van der Waals surface area contributed by atoms with Crippen molar-refractivity contribution in [3.8, 4) is 0 Å². The second kappa shape index (κ2) is 9.58.